The van der Waals surface area contributed by atoms with Gasteiger partial charge in [0.25, 0.3) is 0 Å². The summed E-state index contributed by atoms with van der Waals surface area (Å²) in [7, 11) is 1.56. The summed E-state index contributed by atoms with van der Waals surface area (Å²) in [5, 5.41) is 11.1. The molecule has 0 N–H and O–H groups in total. The first-order chi connectivity index (χ1) is 9.67. The van der Waals surface area contributed by atoms with Crippen molar-refractivity contribution in [2.75, 3.05) is 7.11 Å². The third kappa shape index (κ3) is 2.79. The fourth-order valence-corrected chi connectivity index (χ4v) is 2.70. The number of ketones is 1. The maximum Gasteiger partial charge on any atom is 0.213 e. The van der Waals surface area contributed by atoms with Crippen LogP contribution >= 0.6 is 11.3 Å². The second kappa shape index (κ2) is 6.18. The van der Waals surface area contributed by atoms with Gasteiger partial charge >= 0.3 is 0 Å². The van der Waals surface area contributed by atoms with E-state index < -0.39 is 0 Å². The molecule has 0 saturated heterocycles. The molecule has 0 bridgehead atoms. The van der Waals surface area contributed by atoms with E-state index in [2.05, 4.69) is 0 Å². The molecule has 0 atom stereocenters. The predicted octanol–water partition coefficient (Wildman–Crippen LogP) is 3.86. The Labute approximate surface area is 121 Å². The Kier molecular flexibility index (Phi) is 4.34. The smallest absolute Gasteiger partial charge is 0.213 e. The highest BCUT2D eigenvalue weighted by atomic mass is 32.1. The summed E-state index contributed by atoms with van der Waals surface area (Å²) < 4.78 is 5.22. The topological polar surface area (TPSA) is 50.1 Å². The monoisotopic (exact) mass is 283 g/mol. The van der Waals surface area contributed by atoms with Gasteiger partial charge in [0.15, 0.2) is 0 Å². The molecule has 1 aromatic heterocycles. The number of Topliss-reactive ketones (excluding diaryl/α,β-unsaturated/α-hetero) is 1. The van der Waals surface area contributed by atoms with Crippen LogP contribution in [-0.2, 0) is 0 Å². The summed E-state index contributed by atoms with van der Waals surface area (Å²) in [6.45, 7) is 1.86. The summed E-state index contributed by atoms with van der Waals surface area (Å²) >= 11 is 1.35. The Hall–Kier alpha value is -2.38. The van der Waals surface area contributed by atoms with Crippen LogP contribution in [0.3, 0.4) is 0 Å². The fraction of sp³-hybridized carbons (Fsp3) is 0.125. The largest absolute Gasteiger partial charge is 0.496 e. The normalized spacial score (nSPS) is 10.9. The molecule has 0 spiro atoms. The highest BCUT2D eigenvalue weighted by molar-refractivity contribution is 7.12. The van der Waals surface area contributed by atoms with E-state index in [0.29, 0.717) is 16.2 Å². The van der Waals surface area contributed by atoms with E-state index in [9.17, 15) is 10.1 Å². The molecule has 0 radical (unpaired) electrons. The summed E-state index contributed by atoms with van der Waals surface area (Å²) in [6, 6.07) is 11.1. The maximum absolute atomic E-state index is 12.3. The summed E-state index contributed by atoms with van der Waals surface area (Å²) in [5.41, 5.74) is 1.72. The van der Waals surface area contributed by atoms with Crippen LogP contribution in [0, 0.1) is 18.3 Å². The van der Waals surface area contributed by atoms with Crippen LogP contribution in [0.15, 0.2) is 41.3 Å². The number of hydrogen-bond acceptors (Lipinski definition) is 4. The third-order valence-corrected chi connectivity index (χ3v) is 3.89. The van der Waals surface area contributed by atoms with Crippen molar-refractivity contribution in [2.45, 2.75) is 6.92 Å². The van der Waals surface area contributed by atoms with Crippen molar-refractivity contribution >= 4 is 23.2 Å². The minimum atomic E-state index is -0.245. The van der Waals surface area contributed by atoms with Crippen molar-refractivity contribution in [3.63, 3.8) is 0 Å². The first kappa shape index (κ1) is 14.0. The van der Waals surface area contributed by atoms with Crippen molar-refractivity contribution in [2.24, 2.45) is 0 Å². The Balaban J connectivity index is 2.43. The van der Waals surface area contributed by atoms with Gasteiger partial charge in [-0.15, -0.1) is 11.3 Å². The second-order valence-corrected chi connectivity index (χ2v) is 5.09. The van der Waals surface area contributed by atoms with Crippen LogP contribution in [0.25, 0.3) is 6.08 Å². The van der Waals surface area contributed by atoms with Crippen LogP contribution in [-0.4, -0.2) is 12.9 Å². The Morgan fingerprint density at radius 1 is 1.35 bits per heavy atom. The average molecular weight is 283 g/mol. The average Bonchev–Trinajstić information content (AvgIpc) is 2.90. The lowest BCUT2D eigenvalue weighted by molar-refractivity contribution is 0.104. The number of carbonyl (C=O) groups is 1. The molecule has 2 aromatic rings. The molecule has 0 amide bonds. The number of ether oxygens (including phenoxy) is 1. The minimum absolute atomic E-state index is 0.111. The quantitative estimate of drug-likeness (QED) is 0.486. The standard InChI is InChI=1S/C16H13NO2S/c1-11-7-8-20-16(11)15(18)13(10-17)9-12-5-3-4-6-14(12)19-2/h3-9H,1-2H3/b13-9-. The zero-order valence-corrected chi connectivity index (χ0v) is 12.0. The summed E-state index contributed by atoms with van der Waals surface area (Å²) in [5.74, 6) is 0.391. The van der Waals surface area contributed by atoms with Gasteiger partial charge in [-0.3, -0.25) is 4.79 Å². The van der Waals surface area contributed by atoms with E-state index in [1.54, 1.807) is 19.3 Å². The van der Waals surface area contributed by atoms with Crippen LogP contribution in [0.2, 0.25) is 0 Å². The first-order valence-corrected chi connectivity index (χ1v) is 6.89. The molecule has 0 saturated carbocycles. The molecular formula is C16H13NO2S. The number of hydrogen-bond donors (Lipinski definition) is 0. The molecule has 4 heteroatoms. The van der Waals surface area contributed by atoms with Crippen LogP contribution < -0.4 is 4.74 Å². The lowest BCUT2D eigenvalue weighted by atomic mass is 10.0. The number of methoxy groups -OCH3 is 1. The molecule has 1 aromatic carbocycles. The lowest BCUT2D eigenvalue weighted by Crippen LogP contribution is -2.01. The molecule has 0 unspecified atom stereocenters. The zero-order valence-electron chi connectivity index (χ0n) is 11.2. The van der Waals surface area contributed by atoms with Gasteiger partial charge in [0.05, 0.1) is 12.0 Å². The van der Waals surface area contributed by atoms with Gasteiger partial charge in [0.2, 0.25) is 5.78 Å². The third-order valence-electron chi connectivity index (χ3n) is 2.87. The van der Waals surface area contributed by atoms with Crippen molar-refractivity contribution in [3.05, 3.63) is 57.3 Å². The Morgan fingerprint density at radius 2 is 2.10 bits per heavy atom. The van der Waals surface area contributed by atoms with Crippen LogP contribution in [0.1, 0.15) is 20.8 Å². The molecule has 1 heterocycles. The highest BCUT2D eigenvalue weighted by Gasteiger charge is 2.16. The van der Waals surface area contributed by atoms with E-state index in [1.165, 1.54) is 11.3 Å². The molecule has 0 fully saturated rings. The number of aryl methyl sites for hydroxylation is 1. The number of thiophene rings is 1. The SMILES string of the molecule is COc1ccccc1/C=C(/C#N)C(=O)c1sccc1C. The zero-order chi connectivity index (χ0) is 14.5. The van der Waals surface area contributed by atoms with E-state index in [1.807, 2.05) is 42.6 Å². The Bertz CT molecular complexity index is 707. The number of nitrogens with zero attached hydrogens (tertiary/aromatic N) is 1. The van der Waals surface area contributed by atoms with E-state index >= 15 is 0 Å². The minimum Gasteiger partial charge on any atom is -0.496 e. The number of benzene rings is 1. The van der Waals surface area contributed by atoms with Gasteiger partial charge in [-0.1, -0.05) is 18.2 Å². The summed E-state index contributed by atoms with van der Waals surface area (Å²) in [4.78, 5) is 12.9. The van der Waals surface area contributed by atoms with E-state index in [-0.39, 0.29) is 11.4 Å². The first-order valence-electron chi connectivity index (χ1n) is 6.01. The van der Waals surface area contributed by atoms with Gasteiger partial charge in [-0.25, -0.2) is 0 Å². The fourth-order valence-electron chi connectivity index (χ4n) is 1.82. The van der Waals surface area contributed by atoms with Crippen molar-refractivity contribution in [1.82, 2.24) is 0 Å². The molecule has 0 aliphatic carbocycles. The molecule has 0 aliphatic heterocycles. The Morgan fingerprint density at radius 3 is 2.70 bits per heavy atom. The molecule has 20 heavy (non-hydrogen) atoms. The second-order valence-electron chi connectivity index (χ2n) is 4.17. The van der Waals surface area contributed by atoms with Crippen LogP contribution in [0.4, 0.5) is 0 Å². The molecule has 2 rings (SSSR count). The number of nitriles is 1. The van der Waals surface area contributed by atoms with Crippen molar-refractivity contribution in [1.29, 1.82) is 5.26 Å². The van der Waals surface area contributed by atoms with Crippen molar-refractivity contribution in [3.8, 4) is 11.8 Å². The lowest BCUT2D eigenvalue weighted by Gasteiger charge is -2.04. The van der Waals surface area contributed by atoms with Crippen molar-refractivity contribution < 1.29 is 9.53 Å². The molecule has 3 nitrogen and oxygen atoms in total. The van der Waals surface area contributed by atoms with Gasteiger partial charge in [0, 0.05) is 5.56 Å². The highest BCUT2D eigenvalue weighted by Crippen LogP contribution is 2.24. The van der Waals surface area contributed by atoms with Gasteiger partial charge < -0.3 is 4.74 Å². The molecule has 100 valence electrons. The van der Waals surface area contributed by atoms with E-state index in [0.717, 1.165) is 5.56 Å². The number of allylic oxidation sites excluding steroid dienone is 1. The van der Waals surface area contributed by atoms with E-state index in [4.69, 9.17) is 4.74 Å². The predicted molar refractivity (Wildman–Crippen MR) is 80.0 cm³/mol. The van der Waals surface area contributed by atoms with Crippen LogP contribution in [0.5, 0.6) is 5.75 Å². The summed E-state index contributed by atoms with van der Waals surface area (Å²) in [6.07, 6.45) is 1.57. The molecular weight excluding hydrogens is 270 g/mol. The van der Waals surface area contributed by atoms with Gasteiger partial charge in [-0.2, -0.15) is 5.26 Å². The maximum atomic E-state index is 12.3. The number of para-hydroxylation sites is 1. The van der Waals surface area contributed by atoms with Gasteiger partial charge in [-0.05, 0) is 36.1 Å². The molecule has 0 aliphatic rings. The van der Waals surface area contributed by atoms with Gasteiger partial charge in [0.1, 0.15) is 17.4 Å². The number of rotatable bonds is 4. The number of carbonyl (C=O) groups excluding carboxylic acids is 1.